The van der Waals surface area contributed by atoms with Crippen molar-refractivity contribution in [1.29, 1.82) is 0 Å². The number of benzene rings is 2. The van der Waals surface area contributed by atoms with E-state index < -0.39 is 17.1 Å². The second-order valence-corrected chi connectivity index (χ2v) is 6.57. The van der Waals surface area contributed by atoms with Crippen LogP contribution in [0.2, 0.25) is 0 Å². The van der Waals surface area contributed by atoms with Crippen LogP contribution in [0.15, 0.2) is 69.3 Å². The number of rotatable bonds is 4. The van der Waals surface area contributed by atoms with Gasteiger partial charge in [-0.05, 0) is 23.3 Å². The molecule has 0 bridgehead atoms. The van der Waals surface area contributed by atoms with Gasteiger partial charge in [0.15, 0.2) is 0 Å². The zero-order valence-corrected chi connectivity index (χ0v) is 14.8. The van der Waals surface area contributed by atoms with E-state index >= 15 is 0 Å². The third-order valence-electron chi connectivity index (χ3n) is 4.67. The molecule has 4 rings (SSSR count). The molecule has 2 aromatic carbocycles. The zero-order valence-electron chi connectivity index (χ0n) is 14.8. The van der Waals surface area contributed by atoms with E-state index in [-0.39, 0.29) is 23.9 Å². The third kappa shape index (κ3) is 3.27. The first-order valence-electron chi connectivity index (χ1n) is 8.74. The van der Waals surface area contributed by atoms with Gasteiger partial charge in [-0.2, -0.15) is 5.10 Å². The van der Waals surface area contributed by atoms with Crippen LogP contribution in [0.1, 0.15) is 29.2 Å². The maximum Gasteiger partial charge on any atom is 0.331 e. The maximum atomic E-state index is 12.4. The molecule has 0 fully saturated rings. The minimum absolute atomic E-state index is 0.0364. The van der Waals surface area contributed by atoms with Crippen molar-refractivity contribution >= 4 is 5.71 Å². The van der Waals surface area contributed by atoms with E-state index in [0.29, 0.717) is 12.1 Å². The van der Waals surface area contributed by atoms with E-state index in [1.165, 1.54) is 0 Å². The van der Waals surface area contributed by atoms with Gasteiger partial charge in [0.2, 0.25) is 5.88 Å². The van der Waals surface area contributed by atoms with E-state index in [1.54, 1.807) is 18.2 Å². The van der Waals surface area contributed by atoms with Crippen molar-refractivity contribution in [1.82, 2.24) is 15.0 Å². The molecular formula is C20H18N4O4. The van der Waals surface area contributed by atoms with Crippen molar-refractivity contribution in [2.45, 2.75) is 19.0 Å². The van der Waals surface area contributed by atoms with Gasteiger partial charge in [-0.1, -0.05) is 42.5 Å². The van der Waals surface area contributed by atoms with Crippen molar-refractivity contribution in [3.63, 3.8) is 0 Å². The van der Waals surface area contributed by atoms with E-state index in [9.17, 15) is 19.8 Å². The number of H-pyrrole nitrogens is 1. The number of aromatic amines is 1. The van der Waals surface area contributed by atoms with Gasteiger partial charge in [-0.15, -0.1) is 0 Å². The van der Waals surface area contributed by atoms with Crippen molar-refractivity contribution in [3.05, 3.63) is 92.1 Å². The summed E-state index contributed by atoms with van der Waals surface area (Å²) in [4.78, 5) is 26.8. The Kier molecular flexibility index (Phi) is 4.44. The van der Waals surface area contributed by atoms with Gasteiger partial charge in [0, 0.05) is 6.42 Å². The first-order valence-corrected chi connectivity index (χ1v) is 8.74. The van der Waals surface area contributed by atoms with Gasteiger partial charge in [-0.25, -0.2) is 4.79 Å². The monoisotopic (exact) mass is 378 g/mol. The molecule has 142 valence electrons. The molecule has 1 aromatic heterocycles. The molecule has 0 aliphatic carbocycles. The van der Waals surface area contributed by atoms with Gasteiger partial charge in [-0.3, -0.25) is 14.3 Å². The summed E-state index contributed by atoms with van der Waals surface area (Å²) in [6.45, 7) is 0.117. The Morgan fingerprint density at radius 1 is 1.07 bits per heavy atom. The lowest BCUT2D eigenvalue weighted by atomic mass is 10.00. The maximum absolute atomic E-state index is 12.4. The topological polar surface area (TPSA) is 120 Å². The highest BCUT2D eigenvalue weighted by atomic mass is 16.3. The number of hydrogen-bond acceptors (Lipinski definition) is 6. The second kappa shape index (κ2) is 7.07. The summed E-state index contributed by atoms with van der Waals surface area (Å²) in [5.74, 6) is -0.292. The predicted molar refractivity (Wildman–Crippen MR) is 104 cm³/mol. The van der Waals surface area contributed by atoms with Crippen LogP contribution in [0.4, 0.5) is 0 Å². The minimum atomic E-state index is -0.691. The van der Waals surface area contributed by atoms with Crippen molar-refractivity contribution in [2.75, 3.05) is 0 Å². The minimum Gasteiger partial charge on any atom is -0.508 e. The molecule has 3 aromatic rings. The van der Waals surface area contributed by atoms with Crippen LogP contribution in [0.25, 0.3) is 0 Å². The largest absolute Gasteiger partial charge is 0.508 e. The quantitative estimate of drug-likeness (QED) is 0.548. The summed E-state index contributed by atoms with van der Waals surface area (Å²) < 4.78 is 1.11. The number of nitrogens with one attached hydrogen (secondary N) is 2. The molecule has 0 radical (unpaired) electrons. The van der Waals surface area contributed by atoms with Crippen molar-refractivity contribution in [2.24, 2.45) is 5.10 Å². The number of phenolic OH excluding ortho intramolecular Hbond substituents is 1. The second-order valence-electron chi connectivity index (χ2n) is 6.57. The molecule has 8 heteroatoms. The Morgan fingerprint density at radius 3 is 2.61 bits per heavy atom. The lowest BCUT2D eigenvalue weighted by molar-refractivity contribution is 0.408. The summed E-state index contributed by atoms with van der Waals surface area (Å²) in [5, 5.41) is 24.5. The number of aromatic nitrogens is 2. The van der Waals surface area contributed by atoms with E-state index in [2.05, 4.69) is 15.5 Å². The molecule has 8 nitrogen and oxygen atoms in total. The summed E-state index contributed by atoms with van der Waals surface area (Å²) in [6, 6.07) is 15.6. The van der Waals surface area contributed by atoms with Gasteiger partial charge in [0.05, 0.1) is 18.3 Å². The summed E-state index contributed by atoms with van der Waals surface area (Å²) in [6.07, 6.45) is 0.323. The van der Waals surface area contributed by atoms with Crippen LogP contribution in [-0.2, 0) is 6.54 Å². The van der Waals surface area contributed by atoms with Gasteiger partial charge < -0.3 is 15.6 Å². The first kappa shape index (κ1) is 17.6. The average molecular weight is 378 g/mol. The molecular weight excluding hydrogens is 360 g/mol. The van der Waals surface area contributed by atoms with Gasteiger partial charge in [0.1, 0.15) is 11.3 Å². The molecule has 0 saturated heterocycles. The molecule has 0 saturated carbocycles. The lowest BCUT2D eigenvalue weighted by Gasteiger charge is -2.12. The smallest absolute Gasteiger partial charge is 0.331 e. The molecule has 0 spiro atoms. The molecule has 4 N–H and O–H groups in total. The number of nitrogens with zero attached hydrogens (tertiary/aromatic N) is 2. The molecule has 28 heavy (non-hydrogen) atoms. The molecule has 0 amide bonds. The highest BCUT2D eigenvalue weighted by molar-refractivity contribution is 6.03. The molecule has 1 aliphatic heterocycles. The Labute approximate surface area is 159 Å². The van der Waals surface area contributed by atoms with E-state index in [4.69, 9.17) is 0 Å². The normalized spacial score (nSPS) is 15.9. The third-order valence-corrected chi connectivity index (χ3v) is 4.67. The van der Waals surface area contributed by atoms with E-state index in [0.717, 1.165) is 15.7 Å². The van der Waals surface area contributed by atoms with E-state index in [1.807, 2.05) is 36.4 Å². The number of hydrogen-bond donors (Lipinski definition) is 4. The fourth-order valence-corrected chi connectivity index (χ4v) is 3.26. The fraction of sp³-hybridized carbons (Fsp3) is 0.150. The Balaban J connectivity index is 1.68. The van der Waals surface area contributed by atoms with Crippen molar-refractivity contribution in [3.8, 4) is 11.6 Å². The van der Waals surface area contributed by atoms with Crippen LogP contribution < -0.4 is 16.7 Å². The van der Waals surface area contributed by atoms with Crippen molar-refractivity contribution < 1.29 is 10.2 Å². The highest BCUT2D eigenvalue weighted by Gasteiger charge is 2.27. The first-order chi connectivity index (χ1) is 13.5. The lowest BCUT2D eigenvalue weighted by Crippen LogP contribution is -2.34. The van der Waals surface area contributed by atoms with Crippen LogP contribution in [0.3, 0.4) is 0 Å². The molecule has 1 atom stereocenters. The number of phenols is 1. The highest BCUT2D eigenvalue weighted by Crippen LogP contribution is 2.27. The van der Waals surface area contributed by atoms with Crippen LogP contribution in [-0.4, -0.2) is 25.5 Å². The number of hydrazone groups is 1. The van der Waals surface area contributed by atoms with Crippen LogP contribution >= 0.6 is 0 Å². The fourth-order valence-electron chi connectivity index (χ4n) is 3.26. The Hall–Kier alpha value is -3.81. The molecule has 0 unspecified atom stereocenters. The van der Waals surface area contributed by atoms with Gasteiger partial charge in [0.25, 0.3) is 5.56 Å². The molecule has 2 heterocycles. The zero-order chi connectivity index (χ0) is 19.7. The van der Waals surface area contributed by atoms with Gasteiger partial charge >= 0.3 is 5.69 Å². The standard InChI is InChI=1S/C20H18N4O4/c25-14-8-4-7-13(9-14)15-10-16(23-22-15)17-18(26)21-20(28)24(19(17)27)11-12-5-2-1-3-6-12/h1-9,15,22,25,27H,10-11H2,(H,21,26,28)/t15-/m1/s1. The molecule has 1 aliphatic rings. The Bertz CT molecular complexity index is 1160. The Morgan fingerprint density at radius 2 is 1.86 bits per heavy atom. The van der Waals surface area contributed by atoms with Crippen LogP contribution in [0.5, 0.6) is 11.6 Å². The average Bonchev–Trinajstić information content (AvgIpc) is 3.15. The summed E-state index contributed by atoms with van der Waals surface area (Å²) in [5.41, 5.74) is 3.44. The summed E-state index contributed by atoms with van der Waals surface area (Å²) in [7, 11) is 0. The number of aromatic hydroxyl groups is 2. The predicted octanol–water partition coefficient (Wildman–Crippen LogP) is 1.43. The van der Waals surface area contributed by atoms with Crippen LogP contribution in [0, 0.1) is 0 Å². The summed E-state index contributed by atoms with van der Waals surface area (Å²) >= 11 is 0. The SMILES string of the molecule is O=c1[nH]c(=O)n(Cc2ccccc2)c(O)c1C1=NN[C@@H](c2cccc(O)c2)C1.